The first kappa shape index (κ1) is 20.7. The van der Waals surface area contributed by atoms with Gasteiger partial charge in [0.2, 0.25) is 0 Å². The second-order valence-electron chi connectivity index (χ2n) is 8.06. The Morgan fingerprint density at radius 1 is 1.25 bits per heavy atom. The molecule has 0 saturated carbocycles. The van der Waals surface area contributed by atoms with Crippen LogP contribution in [0.25, 0.3) is 0 Å². The lowest BCUT2D eigenvalue weighted by Crippen LogP contribution is -2.16. The summed E-state index contributed by atoms with van der Waals surface area (Å²) in [5.74, 6) is 1.40. The molecule has 1 aliphatic heterocycles. The summed E-state index contributed by atoms with van der Waals surface area (Å²) < 4.78 is 11.2. The molecule has 0 bridgehead atoms. The van der Waals surface area contributed by atoms with Crippen LogP contribution in [0, 0.1) is 0 Å². The van der Waals surface area contributed by atoms with Crippen molar-refractivity contribution >= 4 is 23.4 Å². The minimum Gasteiger partial charge on any atom is -0.495 e. The van der Waals surface area contributed by atoms with Gasteiger partial charge in [-0.1, -0.05) is 39.0 Å². The van der Waals surface area contributed by atoms with Crippen LogP contribution >= 0.6 is 11.8 Å². The van der Waals surface area contributed by atoms with Gasteiger partial charge < -0.3 is 14.8 Å². The SMILES string of the molecule is COc1ccc(C(C)(C)C)cc1NC(=O)c1ccccc1SC[C@H]1CCCO1. The molecule has 0 aliphatic carbocycles. The van der Waals surface area contributed by atoms with Crippen LogP contribution in [0.1, 0.15) is 49.5 Å². The van der Waals surface area contributed by atoms with Gasteiger partial charge in [0.25, 0.3) is 5.91 Å². The number of carbonyl (C=O) groups is 1. The highest BCUT2D eigenvalue weighted by Crippen LogP contribution is 2.33. The van der Waals surface area contributed by atoms with Crippen molar-refractivity contribution in [3.05, 3.63) is 53.6 Å². The van der Waals surface area contributed by atoms with Gasteiger partial charge in [-0.05, 0) is 48.1 Å². The molecule has 0 spiro atoms. The van der Waals surface area contributed by atoms with E-state index in [0.717, 1.165) is 35.7 Å². The first-order valence-corrected chi connectivity index (χ1v) is 10.7. The number of rotatable bonds is 6. The second kappa shape index (κ2) is 9.01. The number of hydrogen-bond acceptors (Lipinski definition) is 4. The predicted molar refractivity (Wildman–Crippen MR) is 116 cm³/mol. The van der Waals surface area contributed by atoms with E-state index in [9.17, 15) is 4.79 Å². The molecular weight excluding hydrogens is 370 g/mol. The third-order valence-electron chi connectivity index (χ3n) is 4.89. The van der Waals surface area contributed by atoms with Crippen LogP contribution in [0.5, 0.6) is 5.75 Å². The largest absolute Gasteiger partial charge is 0.495 e. The molecule has 1 amide bonds. The van der Waals surface area contributed by atoms with Gasteiger partial charge in [0, 0.05) is 17.3 Å². The molecule has 0 aromatic heterocycles. The van der Waals surface area contributed by atoms with Gasteiger partial charge in [-0.3, -0.25) is 4.79 Å². The molecule has 28 heavy (non-hydrogen) atoms. The highest BCUT2D eigenvalue weighted by Gasteiger charge is 2.20. The van der Waals surface area contributed by atoms with Gasteiger partial charge in [-0.15, -0.1) is 11.8 Å². The summed E-state index contributed by atoms with van der Waals surface area (Å²) in [4.78, 5) is 14.0. The van der Waals surface area contributed by atoms with Crippen molar-refractivity contribution in [2.75, 3.05) is 24.8 Å². The maximum absolute atomic E-state index is 13.0. The van der Waals surface area contributed by atoms with Crippen LogP contribution in [0.4, 0.5) is 5.69 Å². The lowest BCUT2D eigenvalue weighted by atomic mass is 9.87. The van der Waals surface area contributed by atoms with Crippen LogP contribution in [-0.4, -0.2) is 31.5 Å². The smallest absolute Gasteiger partial charge is 0.256 e. The van der Waals surface area contributed by atoms with E-state index in [0.29, 0.717) is 17.0 Å². The molecule has 1 N–H and O–H groups in total. The molecule has 1 heterocycles. The Morgan fingerprint density at radius 2 is 2.04 bits per heavy atom. The quantitative estimate of drug-likeness (QED) is 0.650. The molecule has 0 radical (unpaired) electrons. The molecule has 1 atom stereocenters. The molecule has 1 aliphatic rings. The monoisotopic (exact) mass is 399 g/mol. The normalized spacial score (nSPS) is 16.8. The Morgan fingerprint density at radius 3 is 2.71 bits per heavy atom. The van der Waals surface area contributed by atoms with Crippen LogP contribution in [0.3, 0.4) is 0 Å². The summed E-state index contributed by atoms with van der Waals surface area (Å²) in [6.07, 6.45) is 2.50. The van der Waals surface area contributed by atoms with Crippen LogP contribution in [0.15, 0.2) is 47.4 Å². The molecule has 3 rings (SSSR count). The topological polar surface area (TPSA) is 47.6 Å². The van der Waals surface area contributed by atoms with Gasteiger partial charge in [0.05, 0.1) is 24.5 Å². The predicted octanol–water partition coefficient (Wildman–Crippen LogP) is 5.52. The van der Waals surface area contributed by atoms with E-state index in [1.165, 1.54) is 0 Å². The Bertz CT molecular complexity index is 823. The molecule has 150 valence electrons. The number of carbonyl (C=O) groups excluding carboxylic acids is 1. The Labute approximate surface area is 172 Å². The summed E-state index contributed by atoms with van der Waals surface area (Å²) in [7, 11) is 1.62. The summed E-state index contributed by atoms with van der Waals surface area (Å²) in [6, 6.07) is 13.7. The Kier molecular flexibility index (Phi) is 6.68. The van der Waals surface area contributed by atoms with Crippen molar-refractivity contribution in [1.82, 2.24) is 0 Å². The van der Waals surface area contributed by atoms with Gasteiger partial charge >= 0.3 is 0 Å². The third kappa shape index (κ3) is 5.09. The second-order valence-corrected chi connectivity index (χ2v) is 9.12. The highest BCUT2D eigenvalue weighted by atomic mass is 32.2. The average molecular weight is 400 g/mol. The average Bonchev–Trinajstić information content (AvgIpc) is 3.19. The molecule has 1 fully saturated rings. The number of amides is 1. The number of thioether (sulfide) groups is 1. The molecule has 1 saturated heterocycles. The first-order chi connectivity index (χ1) is 13.4. The summed E-state index contributed by atoms with van der Waals surface area (Å²) in [5.41, 5.74) is 2.50. The van der Waals surface area contributed by atoms with E-state index in [-0.39, 0.29) is 17.4 Å². The molecule has 4 nitrogen and oxygen atoms in total. The van der Waals surface area contributed by atoms with E-state index in [4.69, 9.17) is 9.47 Å². The lowest BCUT2D eigenvalue weighted by molar-refractivity contribution is 0.102. The van der Waals surface area contributed by atoms with Gasteiger partial charge in [-0.25, -0.2) is 0 Å². The lowest BCUT2D eigenvalue weighted by Gasteiger charge is -2.21. The van der Waals surface area contributed by atoms with Gasteiger partial charge in [-0.2, -0.15) is 0 Å². The first-order valence-electron chi connectivity index (χ1n) is 9.72. The molecule has 5 heteroatoms. The van der Waals surface area contributed by atoms with Crippen molar-refractivity contribution < 1.29 is 14.3 Å². The maximum Gasteiger partial charge on any atom is 0.256 e. The summed E-state index contributed by atoms with van der Waals surface area (Å²) in [5, 5.41) is 3.05. The van der Waals surface area contributed by atoms with E-state index < -0.39 is 0 Å². The number of hydrogen-bond donors (Lipinski definition) is 1. The minimum atomic E-state index is -0.125. The fourth-order valence-corrected chi connectivity index (χ4v) is 4.32. The van der Waals surface area contributed by atoms with Crippen molar-refractivity contribution in [2.24, 2.45) is 0 Å². The standard InChI is InChI=1S/C23H29NO3S/c1-23(2,3)16-11-12-20(26-4)19(14-16)24-22(25)18-9-5-6-10-21(18)28-15-17-8-7-13-27-17/h5-6,9-12,14,17H,7-8,13,15H2,1-4H3,(H,24,25)/t17-/m1/s1. The Hall–Kier alpha value is -1.98. The summed E-state index contributed by atoms with van der Waals surface area (Å²) in [6.45, 7) is 7.30. The van der Waals surface area contributed by atoms with E-state index in [1.807, 2.05) is 42.5 Å². The molecular formula is C23H29NO3S. The van der Waals surface area contributed by atoms with Gasteiger partial charge in [0.15, 0.2) is 0 Å². The molecule has 2 aromatic rings. The van der Waals surface area contributed by atoms with Crippen molar-refractivity contribution in [3.8, 4) is 5.75 Å². The van der Waals surface area contributed by atoms with Crippen molar-refractivity contribution in [2.45, 2.75) is 50.0 Å². The zero-order chi connectivity index (χ0) is 20.1. The number of methoxy groups -OCH3 is 1. The number of ether oxygens (including phenoxy) is 2. The van der Waals surface area contributed by atoms with E-state index >= 15 is 0 Å². The maximum atomic E-state index is 13.0. The van der Waals surface area contributed by atoms with Crippen molar-refractivity contribution in [1.29, 1.82) is 0 Å². The van der Waals surface area contributed by atoms with Crippen LogP contribution in [-0.2, 0) is 10.2 Å². The van der Waals surface area contributed by atoms with Gasteiger partial charge in [0.1, 0.15) is 5.75 Å². The molecule has 2 aromatic carbocycles. The number of benzene rings is 2. The van der Waals surface area contributed by atoms with Crippen LogP contribution < -0.4 is 10.1 Å². The Balaban J connectivity index is 1.79. The zero-order valence-corrected chi connectivity index (χ0v) is 17.9. The number of anilines is 1. The van der Waals surface area contributed by atoms with E-state index in [2.05, 4.69) is 26.1 Å². The van der Waals surface area contributed by atoms with Crippen LogP contribution in [0.2, 0.25) is 0 Å². The minimum absolute atomic E-state index is 0.0131. The molecule has 0 unspecified atom stereocenters. The van der Waals surface area contributed by atoms with Crippen molar-refractivity contribution in [3.63, 3.8) is 0 Å². The van der Waals surface area contributed by atoms with E-state index in [1.54, 1.807) is 18.9 Å². The number of nitrogens with one attached hydrogen (secondary N) is 1. The fraction of sp³-hybridized carbons (Fsp3) is 0.435. The highest BCUT2D eigenvalue weighted by molar-refractivity contribution is 7.99. The summed E-state index contributed by atoms with van der Waals surface area (Å²) >= 11 is 1.68. The zero-order valence-electron chi connectivity index (χ0n) is 17.1. The fourth-order valence-electron chi connectivity index (χ4n) is 3.20. The third-order valence-corrected chi connectivity index (χ3v) is 6.10.